The lowest BCUT2D eigenvalue weighted by atomic mass is 10.1. The summed E-state index contributed by atoms with van der Waals surface area (Å²) < 4.78 is 6.47. The number of nitrogens with two attached hydrogens (primary N) is 1. The molecule has 0 saturated carbocycles. The average Bonchev–Trinajstić information content (AvgIpc) is 2.70. The zero-order valence-corrected chi connectivity index (χ0v) is 15.1. The number of halogens is 1. The van der Waals surface area contributed by atoms with Crippen molar-refractivity contribution in [1.29, 1.82) is 0 Å². The van der Waals surface area contributed by atoms with Crippen LogP contribution in [-0.4, -0.2) is 45.0 Å². The molecule has 2 aromatic rings. The minimum absolute atomic E-state index is 0.129. The summed E-state index contributed by atoms with van der Waals surface area (Å²) >= 11 is 3.64. The Labute approximate surface area is 157 Å². The Kier molecular flexibility index (Phi) is 7.80. The van der Waals surface area contributed by atoms with E-state index in [0.29, 0.717) is 5.06 Å². The number of hydrogen-bond acceptors (Lipinski definition) is 6. The van der Waals surface area contributed by atoms with E-state index in [4.69, 9.17) is 10.4 Å². The summed E-state index contributed by atoms with van der Waals surface area (Å²) in [4.78, 5) is 18.7. The SMILES string of the molecule is NC1CCN(c2ccnc(C(=O)N(O)Cc3ccccc3)c2)CC1.OCl. The van der Waals surface area contributed by atoms with Gasteiger partial charge in [0.25, 0.3) is 5.91 Å². The molecule has 4 N–H and O–H groups in total. The van der Waals surface area contributed by atoms with Crippen LogP contribution in [0.5, 0.6) is 0 Å². The van der Waals surface area contributed by atoms with Gasteiger partial charge in [0, 0.05) is 31.0 Å². The molecular formula is C18H23ClN4O3. The summed E-state index contributed by atoms with van der Waals surface area (Å²) in [6.07, 6.45) is 3.48. The van der Waals surface area contributed by atoms with Gasteiger partial charge in [-0.25, -0.2) is 5.06 Å². The summed E-state index contributed by atoms with van der Waals surface area (Å²) in [5.41, 5.74) is 7.96. The van der Waals surface area contributed by atoms with Crippen LogP contribution >= 0.6 is 11.9 Å². The third kappa shape index (κ3) is 5.40. The maximum atomic E-state index is 12.4. The maximum Gasteiger partial charge on any atom is 0.296 e. The van der Waals surface area contributed by atoms with Crippen LogP contribution in [0, 0.1) is 0 Å². The number of carbonyl (C=O) groups excluding carboxylic acids is 1. The Morgan fingerprint density at radius 3 is 2.54 bits per heavy atom. The van der Waals surface area contributed by atoms with Crippen LogP contribution < -0.4 is 10.6 Å². The smallest absolute Gasteiger partial charge is 0.296 e. The predicted octanol–water partition coefficient (Wildman–Crippen LogP) is 2.17. The van der Waals surface area contributed by atoms with Crippen molar-refractivity contribution in [2.75, 3.05) is 18.0 Å². The standard InChI is InChI=1S/C18H22N4O2.ClHO/c19-15-7-10-21(11-8-15)16-6-9-20-17(12-16)18(23)22(24)13-14-4-2-1-3-5-14;1-2/h1-6,9,12,15,24H,7-8,10-11,13,19H2;2H. The molecule has 26 heavy (non-hydrogen) atoms. The van der Waals surface area contributed by atoms with Crippen LogP contribution in [0.15, 0.2) is 48.7 Å². The molecule has 0 aliphatic carbocycles. The number of anilines is 1. The number of rotatable bonds is 4. The van der Waals surface area contributed by atoms with Crippen molar-refractivity contribution in [3.05, 3.63) is 59.9 Å². The topological polar surface area (TPSA) is 103 Å². The molecule has 0 unspecified atom stereocenters. The molecule has 1 aromatic heterocycles. The highest BCUT2D eigenvalue weighted by Gasteiger charge is 2.20. The van der Waals surface area contributed by atoms with Gasteiger partial charge in [-0.05, 0) is 30.5 Å². The monoisotopic (exact) mass is 378 g/mol. The first kappa shape index (κ1) is 20.1. The Morgan fingerprint density at radius 1 is 1.23 bits per heavy atom. The zero-order valence-electron chi connectivity index (χ0n) is 14.3. The van der Waals surface area contributed by atoms with Gasteiger partial charge in [-0.1, -0.05) is 30.3 Å². The van der Waals surface area contributed by atoms with Crippen LogP contribution in [0.3, 0.4) is 0 Å². The van der Waals surface area contributed by atoms with E-state index in [2.05, 4.69) is 21.7 Å². The van der Waals surface area contributed by atoms with Gasteiger partial charge in [-0.15, -0.1) is 0 Å². The molecule has 7 nitrogen and oxygen atoms in total. The van der Waals surface area contributed by atoms with Crippen LogP contribution in [0.25, 0.3) is 0 Å². The molecule has 1 amide bonds. The molecule has 0 radical (unpaired) electrons. The molecule has 1 aliphatic heterocycles. The van der Waals surface area contributed by atoms with E-state index in [9.17, 15) is 10.0 Å². The first-order chi connectivity index (χ1) is 12.6. The molecule has 1 fully saturated rings. The third-order valence-electron chi connectivity index (χ3n) is 4.28. The minimum atomic E-state index is -0.505. The van der Waals surface area contributed by atoms with Crippen molar-refractivity contribution in [2.24, 2.45) is 5.73 Å². The Hall–Kier alpha value is -2.19. The van der Waals surface area contributed by atoms with Gasteiger partial charge in [-0.3, -0.25) is 19.6 Å². The quantitative estimate of drug-likeness (QED) is 0.556. The van der Waals surface area contributed by atoms with Gasteiger partial charge >= 0.3 is 0 Å². The number of hydrogen-bond donors (Lipinski definition) is 3. The van der Waals surface area contributed by atoms with Crippen molar-refractivity contribution >= 4 is 23.5 Å². The van der Waals surface area contributed by atoms with E-state index < -0.39 is 5.91 Å². The summed E-state index contributed by atoms with van der Waals surface area (Å²) in [6, 6.07) is 13.2. The van der Waals surface area contributed by atoms with Gasteiger partial charge in [0.2, 0.25) is 0 Å². The predicted molar refractivity (Wildman–Crippen MR) is 99.8 cm³/mol. The van der Waals surface area contributed by atoms with Crippen molar-refractivity contribution in [3.63, 3.8) is 0 Å². The number of piperidine rings is 1. The fraction of sp³-hybridized carbons (Fsp3) is 0.333. The van der Waals surface area contributed by atoms with Crippen molar-refractivity contribution in [3.8, 4) is 0 Å². The molecule has 3 rings (SSSR count). The second kappa shape index (κ2) is 10.1. The number of benzene rings is 1. The number of carbonyl (C=O) groups is 1. The van der Waals surface area contributed by atoms with Gasteiger partial charge < -0.3 is 10.6 Å². The Morgan fingerprint density at radius 2 is 1.88 bits per heavy atom. The highest BCUT2D eigenvalue weighted by molar-refractivity contribution is 6.04. The third-order valence-corrected chi connectivity index (χ3v) is 4.28. The van der Waals surface area contributed by atoms with E-state index in [1.165, 1.54) is 0 Å². The Bertz CT molecular complexity index is 694. The number of aromatic nitrogens is 1. The molecule has 1 aliphatic rings. The summed E-state index contributed by atoms with van der Waals surface area (Å²) in [7, 11) is 0. The average molecular weight is 379 g/mol. The summed E-state index contributed by atoms with van der Waals surface area (Å²) in [5.74, 6) is -0.505. The van der Waals surface area contributed by atoms with Gasteiger partial charge in [0.15, 0.2) is 0 Å². The van der Waals surface area contributed by atoms with E-state index in [-0.39, 0.29) is 18.3 Å². The normalized spacial score (nSPS) is 14.4. The molecule has 140 valence electrons. The van der Waals surface area contributed by atoms with E-state index in [1.807, 2.05) is 36.4 Å². The van der Waals surface area contributed by atoms with Gasteiger partial charge in [0.1, 0.15) is 5.69 Å². The Balaban J connectivity index is 0.00000117. The summed E-state index contributed by atoms with van der Waals surface area (Å²) in [5, 5.41) is 10.8. The van der Waals surface area contributed by atoms with Crippen LogP contribution in [-0.2, 0) is 6.54 Å². The molecule has 1 saturated heterocycles. The number of hydroxylamine groups is 2. The lowest BCUT2D eigenvalue weighted by Crippen LogP contribution is -2.39. The van der Waals surface area contributed by atoms with Crippen molar-refractivity contribution in [2.45, 2.75) is 25.4 Å². The first-order valence-corrected chi connectivity index (χ1v) is 8.65. The molecule has 0 spiro atoms. The molecule has 0 bridgehead atoms. The second-order valence-corrected chi connectivity index (χ2v) is 6.07. The molecule has 8 heteroatoms. The summed E-state index contributed by atoms with van der Waals surface area (Å²) in [6.45, 7) is 1.86. The minimum Gasteiger partial charge on any atom is -0.371 e. The lowest BCUT2D eigenvalue weighted by molar-refractivity contribution is -0.0652. The van der Waals surface area contributed by atoms with Crippen LogP contribution in [0.1, 0.15) is 28.9 Å². The second-order valence-electron chi connectivity index (χ2n) is 6.07. The van der Waals surface area contributed by atoms with Crippen LogP contribution in [0.4, 0.5) is 5.69 Å². The fourth-order valence-corrected chi connectivity index (χ4v) is 2.85. The largest absolute Gasteiger partial charge is 0.371 e. The number of nitrogens with zero attached hydrogens (tertiary/aromatic N) is 3. The van der Waals surface area contributed by atoms with E-state index in [0.717, 1.165) is 37.2 Å². The van der Waals surface area contributed by atoms with Gasteiger partial charge in [0.05, 0.1) is 18.4 Å². The molecule has 0 atom stereocenters. The highest BCUT2D eigenvalue weighted by Crippen LogP contribution is 2.20. The van der Waals surface area contributed by atoms with E-state index >= 15 is 0 Å². The molecule has 1 aromatic carbocycles. The van der Waals surface area contributed by atoms with E-state index in [1.54, 1.807) is 12.3 Å². The van der Waals surface area contributed by atoms with Gasteiger partial charge in [-0.2, -0.15) is 0 Å². The zero-order chi connectivity index (χ0) is 18.9. The van der Waals surface area contributed by atoms with Crippen molar-refractivity contribution < 1.29 is 14.7 Å². The maximum absolute atomic E-state index is 12.4. The first-order valence-electron chi connectivity index (χ1n) is 8.31. The number of amides is 1. The number of pyridine rings is 1. The lowest BCUT2D eigenvalue weighted by Gasteiger charge is -2.32. The van der Waals surface area contributed by atoms with Crippen LogP contribution in [0.2, 0.25) is 0 Å². The fourth-order valence-electron chi connectivity index (χ4n) is 2.85. The molecule has 2 heterocycles. The van der Waals surface area contributed by atoms with Crippen molar-refractivity contribution in [1.82, 2.24) is 10.0 Å². The highest BCUT2D eigenvalue weighted by atomic mass is 35.5. The molecular weight excluding hydrogens is 356 g/mol.